The number of hydrogen-bond acceptors (Lipinski definition) is 4. The lowest BCUT2D eigenvalue weighted by molar-refractivity contribution is -0.0503. The number of halogens is 2. The van der Waals surface area contributed by atoms with Crippen LogP contribution < -0.4 is 4.74 Å². The zero-order valence-electron chi connectivity index (χ0n) is 18.2. The number of nitrogens with zero attached hydrogens (tertiary/aromatic N) is 4. The van der Waals surface area contributed by atoms with Crippen LogP contribution in [0.2, 0.25) is 0 Å². The molecule has 1 saturated heterocycles. The van der Waals surface area contributed by atoms with Gasteiger partial charge in [0, 0.05) is 44.0 Å². The highest BCUT2D eigenvalue weighted by atomic mass is 19.3. The predicted octanol–water partition coefficient (Wildman–Crippen LogP) is 4.05. The molecule has 0 aliphatic carbocycles. The van der Waals surface area contributed by atoms with Crippen LogP contribution in [0.5, 0.6) is 5.75 Å². The fourth-order valence-electron chi connectivity index (χ4n) is 4.07. The molecule has 2 aromatic carbocycles. The third-order valence-corrected chi connectivity index (χ3v) is 5.82. The molecule has 1 aliphatic rings. The van der Waals surface area contributed by atoms with Gasteiger partial charge in [-0.3, -0.25) is 9.69 Å². The monoisotopic (exact) mass is 440 g/mol. The van der Waals surface area contributed by atoms with E-state index in [1.807, 2.05) is 41.9 Å². The zero-order chi connectivity index (χ0) is 22.7. The van der Waals surface area contributed by atoms with Crippen LogP contribution in [0.25, 0.3) is 5.69 Å². The van der Waals surface area contributed by atoms with Gasteiger partial charge in [0.05, 0.1) is 16.9 Å². The minimum atomic E-state index is -2.97. The zero-order valence-corrected chi connectivity index (χ0v) is 18.2. The van der Waals surface area contributed by atoms with Crippen LogP contribution in [0, 0.1) is 13.8 Å². The Morgan fingerprint density at radius 3 is 2.34 bits per heavy atom. The first-order valence-corrected chi connectivity index (χ1v) is 10.6. The van der Waals surface area contributed by atoms with Crippen LogP contribution in [0.15, 0.2) is 54.6 Å². The van der Waals surface area contributed by atoms with Crippen LogP contribution in [0.3, 0.4) is 0 Å². The first-order chi connectivity index (χ1) is 15.4. The summed E-state index contributed by atoms with van der Waals surface area (Å²) in [4.78, 5) is 16.9. The van der Waals surface area contributed by atoms with Crippen LogP contribution in [-0.2, 0) is 6.54 Å². The Morgan fingerprint density at radius 2 is 1.66 bits per heavy atom. The molecule has 168 valence electrons. The number of hydrogen-bond donors (Lipinski definition) is 0. The molecule has 1 amide bonds. The number of piperazine rings is 1. The first-order valence-electron chi connectivity index (χ1n) is 10.6. The molecule has 0 N–H and O–H groups in total. The number of aryl methyl sites for hydroxylation is 1. The first kappa shape index (κ1) is 22.0. The Kier molecular flexibility index (Phi) is 6.50. The molecule has 32 heavy (non-hydrogen) atoms. The van der Waals surface area contributed by atoms with Gasteiger partial charge in [0.2, 0.25) is 0 Å². The SMILES string of the molecule is Cc1nn(-c2ccccc2)c(C)c1CN1CCN(C(=O)c2ccccc2OC(F)F)CC1. The molecule has 3 aromatic rings. The van der Waals surface area contributed by atoms with E-state index in [2.05, 4.69) is 16.6 Å². The number of aromatic nitrogens is 2. The second kappa shape index (κ2) is 9.48. The fourth-order valence-corrected chi connectivity index (χ4v) is 4.07. The van der Waals surface area contributed by atoms with Gasteiger partial charge >= 0.3 is 6.61 Å². The Labute approximate surface area is 186 Å². The average molecular weight is 440 g/mol. The summed E-state index contributed by atoms with van der Waals surface area (Å²) in [5.41, 5.74) is 4.47. The van der Waals surface area contributed by atoms with Gasteiger partial charge < -0.3 is 9.64 Å². The van der Waals surface area contributed by atoms with Crippen molar-refractivity contribution in [3.63, 3.8) is 0 Å². The van der Waals surface area contributed by atoms with Gasteiger partial charge in [-0.2, -0.15) is 13.9 Å². The molecule has 1 aliphatic heterocycles. The van der Waals surface area contributed by atoms with E-state index in [1.165, 1.54) is 17.7 Å². The molecular formula is C24H26F2N4O2. The van der Waals surface area contributed by atoms with Gasteiger partial charge in [0.15, 0.2) is 0 Å². The Morgan fingerprint density at radius 1 is 1.00 bits per heavy atom. The van der Waals surface area contributed by atoms with Crippen molar-refractivity contribution in [2.24, 2.45) is 0 Å². The average Bonchev–Trinajstić information content (AvgIpc) is 3.08. The van der Waals surface area contributed by atoms with E-state index in [9.17, 15) is 13.6 Å². The van der Waals surface area contributed by atoms with E-state index < -0.39 is 6.61 Å². The Balaban J connectivity index is 1.41. The summed E-state index contributed by atoms with van der Waals surface area (Å²) in [5.74, 6) is -0.375. The largest absolute Gasteiger partial charge is 0.434 e. The second-order valence-electron chi connectivity index (χ2n) is 7.84. The molecule has 0 unspecified atom stereocenters. The van der Waals surface area contributed by atoms with Crippen LogP contribution in [0.1, 0.15) is 27.3 Å². The number of benzene rings is 2. The van der Waals surface area contributed by atoms with Crippen molar-refractivity contribution in [2.45, 2.75) is 27.0 Å². The van der Waals surface area contributed by atoms with Crippen molar-refractivity contribution in [3.8, 4) is 11.4 Å². The van der Waals surface area contributed by atoms with Gasteiger partial charge in [-0.25, -0.2) is 4.68 Å². The molecule has 8 heteroatoms. The molecule has 1 fully saturated rings. The highest BCUT2D eigenvalue weighted by molar-refractivity contribution is 5.97. The van der Waals surface area contributed by atoms with Gasteiger partial charge in [0.1, 0.15) is 5.75 Å². The van der Waals surface area contributed by atoms with Gasteiger partial charge in [-0.05, 0) is 38.1 Å². The fraction of sp³-hybridized carbons (Fsp3) is 0.333. The van der Waals surface area contributed by atoms with E-state index in [0.717, 1.165) is 23.6 Å². The molecule has 0 saturated carbocycles. The maximum atomic E-state index is 12.9. The molecular weight excluding hydrogens is 414 g/mol. The summed E-state index contributed by atoms with van der Waals surface area (Å²) in [6, 6.07) is 16.2. The summed E-state index contributed by atoms with van der Waals surface area (Å²) in [5, 5.41) is 4.71. The number of ether oxygens (including phenoxy) is 1. The standard InChI is InChI=1S/C24H26F2N4O2/c1-17-21(18(2)30(27-17)19-8-4-3-5-9-19)16-28-12-14-29(15-13-28)23(31)20-10-6-7-11-22(20)32-24(25)26/h3-11,24H,12-16H2,1-2H3. The van der Waals surface area contributed by atoms with Gasteiger partial charge in [-0.15, -0.1) is 0 Å². The molecule has 1 aromatic heterocycles. The molecule has 4 rings (SSSR count). The predicted molar refractivity (Wildman–Crippen MR) is 117 cm³/mol. The van der Waals surface area contributed by atoms with E-state index in [4.69, 9.17) is 5.10 Å². The number of carbonyl (C=O) groups excluding carboxylic acids is 1. The summed E-state index contributed by atoms with van der Waals surface area (Å²) >= 11 is 0. The van der Waals surface area contributed by atoms with Crippen molar-refractivity contribution < 1.29 is 18.3 Å². The van der Waals surface area contributed by atoms with E-state index in [0.29, 0.717) is 26.2 Å². The van der Waals surface area contributed by atoms with E-state index in [1.54, 1.807) is 17.0 Å². The number of carbonyl (C=O) groups is 1. The van der Waals surface area contributed by atoms with Crippen molar-refractivity contribution in [3.05, 3.63) is 77.1 Å². The molecule has 0 atom stereocenters. The quantitative estimate of drug-likeness (QED) is 0.580. The van der Waals surface area contributed by atoms with Crippen LogP contribution >= 0.6 is 0 Å². The molecule has 0 spiro atoms. The summed E-state index contributed by atoms with van der Waals surface area (Å²) in [6.45, 7) is 4.29. The molecule has 0 bridgehead atoms. The number of rotatable bonds is 6. The Bertz CT molecular complexity index is 1080. The Hall–Kier alpha value is -3.26. The van der Waals surface area contributed by atoms with E-state index >= 15 is 0 Å². The number of alkyl halides is 2. The summed E-state index contributed by atoms with van der Waals surface area (Å²) in [6.07, 6.45) is 0. The maximum absolute atomic E-state index is 12.9. The smallest absolute Gasteiger partial charge is 0.387 e. The topological polar surface area (TPSA) is 50.6 Å². The minimum absolute atomic E-state index is 0.0884. The normalized spacial score (nSPS) is 14.7. The minimum Gasteiger partial charge on any atom is -0.434 e. The highest BCUT2D eigenvalue weighted by Crippen LogP contribution is 2.24. The third kappa shape index (κ3) is 4.65. The third-order valence-electron chi connectivity index (χ3n) is 5.82. The van der Waals surface area contributed by atoms with Gasteiger partial charge in [-0.1, -0.05) is 30.3 Å². The molecule has 6 nitrogen and oxygen atoms in total. The van der Waals surface area contributed by atoms with Crippen LogP contribution in [0.4, 0.5) is 8.78 Å². The van der Waals surface area contributed by atoms with Crippen molar-refractivity contribution >= 4 is 5.91 Å². The van der Waals surface area contributed by atoms with Crippen LogP contribution in [-0.4, -0.2) is 58.3 Å². The van der Waals surface area contributed by atoms with Gasteiger partial charge in [0.25, 0.3) is 5.91 Å². The highest BCUT2D eigenvalue weighted by Gasteiger charge is 2.26. The van der Waals surface area contributed by atoms with E-state index in [-0.39, 0.29) is 17.2 Å². The van der Waals surface area contributed by atoms with Crippen molar-refractivity contribution in [1.82, 2.24) is 19.6 Å². The second-order valence-corrected chi connectivity index (χ2v) is 7.84. The van der Waals surface area contributed by atoms with Crippen molar-refractivity contribution in [1.29, 1.82) is 0 Å². The molecule has 2 heterocycles. The van der Waals surface area contributed by atoms with Crippen molar-refractivity contribution in [2.75, 3.05) is 26.2 Å². The summed E-state index contributed by atoms with van der Waals surface area (Å²) in [7, 11) is 0. The summed E-state index contributed by atoms with van der Waals surface area (Å²) < 4.78 is 31.8. The lowest BCUT2D eigenvalue weighted by atomic mass is 10.1. The maximum Gasteiger partial charge on any atom is 0.387 e. The number of para-hydroxylation sites is 2. The lowest BCUT2D eigenvalue weighted by Crippen LogP contribution is -2.48. The molecule has 0 radical (unpaired) electrons. The lowest BCUT2D eigenvalue weighted by Gasteiger charge is -2.35. The number of amides is 1.